The lowest BCUT2D eigenvalue weighted by atomic mass is 10.2. The van der Waals surface area contributed by atoms with Crippen molar-refractivity contribution < 1.29 is 4.79 Å². The summed E-state index contributed by atoms with van der Waals surface area (Å²) >= 11 is 0. The largest absolute Gasteiger partial charge is 0.287 e. The number of aryl methyl sites for hydroxylation is 1. The Morgan fingerprint density at radius 3 is 2.73 bits per heavy atom. The molecule has 1 aromatic rings. The fourth-order valence-electron chi connectivity index (χ4n) is 0.635. The van der Waals surface area contributed by atoms with E-state index < -0.39 is 0 Å². The number of carbonyl (C=O) groups is 1. The number of ketones is 1. The number of hydrogen-bond donors (Lipinski definition) is 0. The summed E-state index contributed by atoms with van der Waals surface area (Å²) in [5, 5.41) is 7.41. The van der Waals surface area contributed by atoms with Crippen molar-refractivity contribution in [1.82, 2.24) is 10.2 Å². The van der Waals surface area contributed by atoms with E-state index in [2.05, 4.69) is 16.8 Å². The minimum atomic E-state index is -0.197. The Kier molecular flexibility index (Phi) is 2.11. The van der Waals surface area contributed by atoms with E-state index in [1.54, 1.807) is 12.1 Å². The van der Waals surface area contributed by atoms with E-state index in [4.69, 9.17) is 0 Å². The summed E-state index contributed by atoms with van der Waals surface area (Å²) < 4.78 is 0. The smallest absolute Gasteiger partial charge is 0.205 e. The maximum Gasteiger partial charge on any atom is 0.205 e. The SMILES string of the molecule is C=CC(=O)c1ccc(C)nn1. The van der Waals surface area contributed by atoms with Crippen LogP contribution in [0.15, 0.2) is 24.8 Å². The van der Waals surface area contributed by atoms with E-state index >= 15 is 0 Å². The van der Waals surface area contributed by atoms with Gasteiger partial charge in [0.15, 0.2) is 0 Å². The molecule has 0 bridgehead atoms. The molecule has 0 N–H and O–H groups in total. The van der Waals surface area contributed by atoms with Gasteiger partial charge in [0.2, 0.25) is 5.78 Å². The molecule has 11 heavy (non-hydrogen) atoms. The maximum absolute atomic E-state index is 10.9. The first-order valence-corrected chi connectivity index (χ1v) is 3.21. The van der Waals surface area contributed by atoms with Gasteiger partial charge >= 0.3 is 0 Å². The fourth-order valence-corrected chi connectivity index (χ4v) is 0.635. The lowest BCUT2D eigenvalue weighted by Gasteiger charge is -1.92. The van der Waals surface area contributed by atoms with E-state index in [0.29, 0.717) is 5.69 Å². The Morgan fingerprint density at radius 2 is 2.27 bits per heavy atom. The molecule has 0 aliphatic carbocycles. The van der Waals surface area contributed by atoms with Gasteiger partial charge in [-0.25, -0.2) is 0 Å². The lowest BCUT2D eigenvalue weighted by molar-refractivity contribution is 0.104. The number of allylic oxidation sites excluding steroid dienone is 1. The van der Waals surface area contributed by atoms with Crippen LogP contribution in [0.4, 0.5) is 0 Å². The lowest BCUT2D eigenvalue weighted by Crippen LogP contribution is -1.99. The van der Waals surface area contributed by atoms with E-state index in [0.717, 1.165) is 5.69 Å². The van der Waals surface area contributed by atoms with Gasteiger partial charge in [0.05, 0.1) is 5.69 Å². The molecule has 1 heterocycles. The molecule has 0 fully saturated rings. The van der Waals surface area contributed by atoms with Crippen molar-refractivity contribution in [2.24, 2.45) is 0 Å². The van der Waals surface area contributed by atoms with Crippen LogP contribution in [0.2, 0.25) is 0 Å². The Bertz CT molecular complexity index is 277. The summed E-state index contributed by atoms with van der Waals surface area (Å²) in [4.78, 5) is 10.9. The third-order valence-electron chi connectivity index (χ3n) is 1.24. The summed E-state index contributed by atoms with van der Waals surface area (Å²) in [6.07, 6.45) is 1.22. The molecule has 0 aliphatic heterocycles. The Labute approximate surface area is 64.8 Å². The van der Waals surface area contributed by atoms with Crippen LogP contribution in [-0.2, 0) is 0 Å². The first kappa shape index (κ1) is 7.60. The van der Waals surface area contributed by atoms with Crippen molar-refractivity contribution in [2.75, 3.05) is 0 Å². The molecule has 0 radical (unpaired) electrons. The van der Waals surface area contributed by atoms with Crippen LogP contribution in [0.25, 0.3) is 0 Å². The van der Waals surface area contributed by atoms with Gasteiger partial charge < -0.3 is 0 Å². The summed E-state index contributed by atoms with van der Waals surface area (Å²) in [6, 6.07) is 3.37. The normalized spacial score (nSPS) is 9.18. The quantitative estimate of drug-likeness (QED) is 0.466. The highest BCUT2D eigenvalue weighted by molar-refractivity contribution is 6.02. The molecule has 1 rings (SSSR count). The summed E-state index contributed by atoms with van der Waals surface area (Å²) in [5.74, 6) is -0.197. The zero-order valence-electron chi connectivity index (χ0n) is 6.24. The number of hydrogen-bond acceptors (Lipinski definition) is 3. The minimum absolute atomic E-state index is 0.197. The molecule has 0 saturated carbocycles. The van der Waals surface area contributed by atoms with Gasteiger partial charge in [-0.05, 0) is 25.1 Å². The van der Waals surface area contributed by atoms with Crippen LogP contribution in [-0.4, -0.2) is 16.0 Å². The minimum Gasteiger partial charge on any atom is -0.287 e. The number of rotatable bonds is 2. The van der Waals surface area contributed by atoms with Gasteiger partial charge in [-0.15, -0.1) is 5.10 Å². The predicted molar refractivity (Wildman–Crippen MR) is 41.3 cm³/mol. The van der Waals surface area contributed by atoms with Gasteiger partial charge in [0.25, 0.3) is 0 Å². The summed E-state index contributed by atoms with van der Waals surface area (Å²) in [7, 11) is 0. The molecule has 56 valence electrons. The monoisotopic (exact) mass is 148 g/mol. The fraction of sp³-hybridized carbons (Fsp3) is 0.125. The third-order valence-corrected chi connectivity index (χ3v) is 1.24. The number of nitrogens with zero attached hydrogens (tertiary/aromatic N) is 2. The van der Waals surface area contributed by atoms with Crippen LogP contribution >= 0.6 is 0 Å². The second kappa shape index (κ2) is 3.05. The summed E-state index contributed by atoms with van der Waals surface area (Å²) in [5.41, 5.74) is 1.14. The van der Waals surface area contributed by atoms with Crippen molar-refractivity contribution in [3.05, 3.63) is 36.2 Å². The topological polar surface area (TPSA) is 42.9 Å². The Hall–Kier alpha value is -1.51. The van der Waals surface area contributed by atoms with Crippen molar-refractivity contribution in [3.8, 4) is 0 Å². The van der Waals surface area contributed by atoms with Crippen molar-refractivity contribution in [3.63, 3.8) is 0 Å². The highest BCUT2D eigenvalue weighted by Crippen LogP contribution is 1.96. The van der Waals surface area contributed by atoms with Gasteiger partial charge in [-0.2, -0.15) is 5.10 Å². The van der Waals surface area contributed by atoms with E-state index in [1.165, 1.54) is 6.08 Å². The molecule has 0 atom stereocenters. The van der Waals surface area contributed by atoms with Crippen LogP contribution in [0.1, 0.15) is 16.2 Å². The van der Waals surface area contributed by atoms with Crippen molar-refractivity contribution in [2.45, 2.75) is 6.92 Å². The second-order valence-corrected chi connectivity index (χ2v) is 2.13. The van der Waals surface area contributed by atoms with Crippen molar-refractivity contribution >= 4 is 5.78 Å². The van der Waals surface area contributed by atoms with Crippen LogP contribution in [0.3, 0.4) is 0 Å². The molecule has 0 unspecified atom stereocenters. The zero-order chi connectivity index (χ0) is 8.27. The van der Waals surface area contributed by atoms with Crippen molar-refractivity contribution in [1.29, 1.82) is 0 Å². The predicted octanol–water partition coefficient (Wildman–Crippen LogP) is 1.15. The van der Waals surface area contributed by atoms with Gasteiger partial charge in [0.1, 0.15) is 5.69 Å². The maximum atomic E-state index is 10.9. The first-order valence-electron chi connectivity index (χ1n) is 3.21. The molecule has 1 aromatic heterocycles. The molecule has 3 nitrogen and oxygen atoms in total. The van der Waals surface area contributed by atoms with Gasteiger partial charge in [-0.1, -0.05) is 6.58 Å². The first-order chi connectivity index (χ1) is 5.24. The number of aromatic nitrogens is 2. The van der Waals surface area contributed by atoms with Crippen LogP contribution in [0.5, 0.6) is 0 Å². The van der Waals surface area contributed by atoms with Gasteiger partial charge in [0, 0.05) is 0 Å². The average molecular weight is 148 g/mol. The average Bonchev–Trinajstić information content (AvgIpc) is 2.05. The molecule has 0 spiro atoms. The zero-order valence-corrected chi connectivity index (χ0v) is 6.24. The third kappa shape index (κ3) is 1.70. The van der Waals surface area contributed by atoms with Gasteiger partial charge in [-0.3, -0.25) is 4.79 Å². The second-order valence-electron chi connectivity index (χ2n) is 2.13. The highest BCUT2D eigenvalue weighted by atomic mass is 16.1. The Morgan fingerprint density at radius 1 is 1.55 bits per heavy atom. The van der Waals surface area contributed by atoms with E-state index in [1.807, 2.05) is 6.92 Å². The molecular weight excluding hydrogens is 140 g/mol. The Balaban J connectivity index is 2.98. The molecule has 0 aliphatic rings. The molecular formula is C8H8N2O. The highest BCUT2D eigenvalue weighted by Gasteiger charge is 2.00. The molecule has 0 amide bonds. The summed E-state index contributed by atoms with van der Waals surface area (Å²) in [6.45, 7) is 5.16. The van der Waals surface area contributed by atoms with Crippen LogP contribution in [0, 0.1) is 6.92 Å². The molecule has 3 heteroatoms. The molecule has 0 saturated heterocycles. The van der Waals surface area contributed by atoms with Crippen LogP contribution < -0.4 is 0 Å². The van der Waals surface area contributed by atoms with E-state index in [-0.39, 0.29) is 5.78 Å². The standard InChI is InChI=1S/C8H8N2O/c1-3-8(11)7-5-4-6(2)9-10-7/h3-5H,1H2,2H3. The van der Waals surface area contributed by atoms with E-state index in [9.17, 15) is 4.79 Å². The molecule has 0 aromatic carbocycles. The number of carbonyl (C=O) groups excluding carboxylic acids is 1.